The number of hydrogen-bond donors (Lipinski definition) is 1. The van der Waals surface area contributed by atoms with Crippen LogP contribution in [-0.4, -0.2) is 28.2 Å². The number of ether oxygens (including phenoxy) is 1. The van der Waals surface area contributed by atoms with Crippen LogP contribution in [0.4, 0.5) is 5.13 Å². The van der Waals surface area contributed by atoms with Crippen LogP contribution in [0.3, 0.4) is 0 Å². The summed E-state index contributed by atoms with van der Waals surface area (Å²) >= 11 is 1.46. The molecule has 3 heterocycles. The van der Waals surface area contributed by atoms with Gasteiger partial charge in [-0.05, 0) is 43.9 Å². The molecule has 4 aromatic rings. The highest BCUT2D eigenvalue weighted by molar-refractivity contribution is 7.14. The number of aromatic nitrogens is 2. The van der Waals surface area contributed by atoms with E-state index in [2.05, 4.69) is 29.8 Å². The number of rotatable bonds is 7. The van der Waals surface area contributed by atoms with Crippen molar-refractivity contribution < 1.29 is 9.53 Å². The van der Waals surface area contributed by atoms with Crippen LogP contribution in [0.25, 0.3) is 11.3 Å². The third kappa shape index (κ3) is 4.69. The minimum Gasteiger partial charge on any atom is -0.376 e. The van der Waals surface area contributed by atoms with Crippen molar-refractivity contribution in [3.05, 3.63) is 94.6 Å². The first-order valence-corrected chi connectivity index (χ1v) is 12.6. The molecule has 0 aliphatic carbocycles. The van der Waals surface area contributed by atoms with Crippen LogP contribution in [0, 0.1) is 13.8 Å². The normalized spacial score (nSPS) is 15.7. The molecular formula is C28H29N3O2S. The zero-order valence-corrected chi connectivity index (χ0v) is 20.3. The van der Waals surface area contributed by atoms with Gasteiger partial charge in [-0.1, -0.05) is 60.7 Å². The second kappa shape index (κ2) is 9.95. The van der Waals surface area contributed by atoms with Gasteiger partial charge in [0.2, 0.25) is 5.91 Å². The fourth-order valence-corrected chi connectivity index (χ4v) is 5.47. The molecule has 1 saturated heterocycles. The highest BCUT2D eigenvalue weighted by atomic mass is 32.1. The summed E-state index contributed by atoms with van der Waals surface area (Å²) in [5.74, 6) is -0.478. The second-order valence-electron chi connectivity index (χ2n) is 8.81. The number of nitrogens with one attached hydrogen (secondary N) is 1. The van der Waals surface area contributed by atoms with Crippen molar-refractivity contribution in [2.45, 2.75) is 45.3 Å². The van der Waals surface area contributed by atoms with Gasteiger partial charge < -0.3 is 14.6 Å². The fraction of sp³-hybridized carbons (Fsp3) is 0.286. The monoisotopic (exact) mass is 471 g/mol. The number of benzene rings is 2. The summed E-state index contributed by atoms with van der Waals surface area (Å²) in [6, 6.07) is 21.9. The number of carbonyl (C=O) groups excluding carboxylic acids is 1. The number of carbonyl (C=O) groups is 1. The SMILES string of the molecule is Cc1cc(-c2csc(NC(=O)C(c3ccccc3)c3ccccc3)n2)c(C)n1C[C@@H]1CCCO1. The summed E-state index contributed by atoms with van der Waals surface area (Å²) in [7, 11) is 0. The lowest BCUT2D eigenvalue weighted by atomic mass is 9.90. The van der Waals surface area contributed by atoms with Gasteiger partial charge in [-0.3, -0.25) is 4.79 Å². The molecule has 1 atom stereocenters. The number of thiazole rings is 1. The topological polar surface area (TPSA) is 56.2 Å². The molecule has 1 amide bonds. The molecule has 0 saturated carbocycles. The Morgan fingerprint density at radius 2 is 1.79 bits per heavy atom. The van der Waals surface area contributed by atoms with Crippen LogP contribution in [0.15, 0.2) is 72.1 Å². The van der Waals surface area contributed by atoms with E-state index in [-0.39, 0.29) is 12.0 Å². The molecule has 1 fully saturated rings. The maximum absolute atomic E-state index is 13.4. The predicted octanol–water partition coefficient (Wildman–Crippen LogP) is 6.18. The van der Waals surface area contributed by atoms with Gasteiger partial charge in [0.25, 0.3) is 0 Å². The molecule has 0 bridgehead atoms. The van der Waals surface area contributed by atoms with Crippen molar-refractivity contribution in [2.24, 2.45) is 0 Å². The standard InChI is InChI=1S/C28H29N3O2S/c1-19-16-24(20(2)31(19)17-23-14-9-15-33-23)25-18-34-28(29-25)30-27(32)26(21-10-5-3-6-11-21)22-12-7-4-8-13-22/h3-8,10-13,16,18,23,26H,9,14-15,17H2,1-2H3,(H,29,30,32)/t23-/m0/s1. The van der Waals surface area contributed by atoms with Gasteiger partial charge in [-0.15, -0.1) is 11.3 Å². The molecule has 0 spiro atoms. The highest BCUT2D eigenvalue weighted by Gasteiger charge is 2.24. The first kappa shape index (κ1) is 22.6. The predicted molar refractivity (Wildman–Crippen MR) is 137 cm³/mol. The van der Waals surface area contributed by atoms with Gasteiger partial charge in [0.1, 0.15) is 0 Å². The van der Waals surface area contributed by atoms with E-state index < -0.39 is 5.92 Å². The number of anilines is 1. The van der Waals surface area contributed by atoms with E-state index in [1.807, 2.05) is 66.0 Å². The summed E-state index contributed by atoms with van der Waals surface area (Å²) in [5, 5.41) is 5.70. The quantitative estimate of drug-likeness (QED) is 0.350. The summed E-state index contributed by atoms with van der Waals surface area (Å²) in [6.07, 6.45) is 2.54. The van der Waals surface area contributed by atoms with Crippen LogP contribution in [0.5, 0.6) is 0 Å². The average molecular weight is 472 g/mol. The molecule has 0 unspecified atom stereocenters. The summed E-state index contributed by atoms with van der Waals surface area (Å²) in [6.45, 7) is 6.00. The van der Waals surface area contributed by atoms with E-state index in [9.17, 15) is 4.79 Å². The molecule has 5 nitrogen and oxygen atoms in total. The van der Waals surface area contributed by atoms with Crippen LogP contribution < -0.4 is 5.32 Å². The zero-order valence-electron chi connectivity index (χ0n) is 19.5. The van der Waals surface area contributed by atoms with Crippen LogP contribution in [0.1, 0.15) is 41.3 Å². The Bertz CT molecular complexity index is 1220. The molecule has 1 aliphatic rings. The van der Waals surface area contributed by atoms with E-state index in [0.29, 0.717) is 5.13 Å². The summed E-state index contributed by atoms with van der Waals surface area (Å²) in [4.78, 5) is 18.2. The maximum atomic E-state index is 13.4. The lowest BCUT2D eigenvalue weighted by Crippen LogP contribution is -2.22. The van der Waals surface area contributed by atoms with E-state index in [1.165, 1.54) is 22.7 Å². The van der Waals surface area contributed by atoms with Crippen molar-refractivity contribution in [2.75, 3.05) is 11.9 Å². The Morgan fingerprint density at radius 1 is 1.12 bits per heavy atom. The van der Waals surface area contributed by atoms with Crippen LogP contribution >= 0.6 is 11.3 Å². The molecule has 1 aliphatic heterocycles. The van der Waals surface area contributed by atoms with Gasteiger partial charge >= 0.3 is 0 Å². The van der Waals surface area contributed by atoms with Gasteiger partial charge in [0, 0.05) is 35.5 Å². The Balaban J connectivity index is 1.37. The molecule has 2 aromatic carbocycles. The third-order valence-electron chi connectivity index (χ3n) is 6.52. The number of nitrogens with zero attached hydrogens (tertiary/aromatic N) is 2. The van der Waals surface area contributed by atoms with Gasteiger partial charge in [-0.25, -0.2) is 4.98 Å². The second-order valence-corrected chi connectivity index (χ2v) is 9.67. The molecule has 174 valence electrons. The highest BCUT2D eigenvalue weighted by Crippen LogP contribution is 2.32. The smallest absolute Gasteiger partial charge is 0.238 e. The molecular weight excluding hydrogens is 442 g/mol. The van der Waals surface area contributed by atoms with Gasteiger partial charge in [-0.2, -0.15) is 0 Å². The van der Waals surface area contributed by atoms with Crippen LogP contribution in [-0.2, 0) is 16.1 Å². The number of hydrogen-bond acceptors (Lipinski definition) is 4. The Morgan fingerprint density at radius 3 is 2.41 bits per heavy atom. The van der Waals surface area contributed by atoms with Crippen molar-refractivity contribution in [1.29, 1.82) is 0 Å². The minimum absolute atomic E-state index is 0.0813. The summed E-state index contributed by atoms with van der Waals surface area (Å²) in [5.41, 5.74) is 6.30. The summed E-state index contributed by atoms with van der Waals surface area (Å²) < 4.78 is 8.17. The number of amides is 1. The van der Waals surface area contributed by atoms with E-state index in [0.717, 1.165) is 48.4 Å². The fourth-order valence-electron chi connectivity index (χ4n) is 4.75. The lowest BCUT2D eigenvalue weighted by molar-refractivity contribution is -0.116. The third-order valence-corrected chi connectivity index (χ3v) is 7.28. The zero-order chi connectivity index (χ0) is 23.5. The maximum Gasteiger partial charge on any atom is 0.238 e. The van der Waals surface area contributed by atoms with E-state index >= 15 is 0 Å². The molecule has 2 aromatic heterocycles. The lowest BCUT2D eigenvalue weighted by Gasteiger charge is -2.17. The van der Waals surface area contributed by atoms with Crippen molar-refractivity contribution in [1.82, 2.24) is 9.55 Å². The largest absolute Gasteiger partial charge is 0.376 e. The minimum atomic E-state index is -0.397. The first-order valence-electron chi connectivity index (χ1n) is 11.7. The van der Waals surface area contributed by atoms with E-state index in [1.54, 1.807) is 0 Å². The van der Waals surface area contributed by atoms with Gasteiger partial charge in [0.15, 0.2) is 5.13 Å². The Kier molecular flexibility index (Phi) is 6.61. The number of aryl methyl sites for hydroxylation is 1. The Hall–Kier alpha value is -3.22. The molecule has 6 heteroatoms. The molecule has 5 rings (SSSR count). The van der Waals surface area contributed by atoms with Crippen molar-refractivity contribution in [3.8, 4) is 11.3 Å². The average Bonchev–Trinajstić information content (AvgIpc) is 3.59. The van der Waals surface area contributed by atoms with Crippen molar-refractivity contribution >= 4 is 22.4 Å². The van der Waals surface area contributed by atoms with Crippen LogP contribution in [0.2, 0.25) is 0 Å². The molecule has 0 radical (unpaired) electrons. The Labute approximate surface area is 204 Å². The van der Waals surface area contributed by atoms with Crippen molar-refractivity contribution in [3.63, 3.8) is 0 Å². The molecule has 1 N–H and O–H groups in total. The van der Waals surface area contributed by atoms with E-state index in [4.69, 9.17) is 9.72 Å². The van der Waals surface area contributed by atoms with Gasteiger partial charge in [0.05, 0.1) is 17.7 Å². The first-order chi connectivity index (χ1) is 16.6. The molecule has 34 heavy (non-hydrogen) atoms.